The lowest BCUT2D eigenvalue weighted by Gasteiger charge is -2.13. The third kappa shape index (κ3) is 2.20. The summed E-state index contributed by atoms with van der Waals surface area (Å²) in [4.78, 5) is 8.00. The van der Waals surface area contributed by atoms with Gasteiger partial charge in [-0.1, -0.05) is 0 Å². The van der Waals surface area contributed by atoms with E-state index >= 15 is 0 Å². The molecule has 0 saturated heterocycles. The molecule has 7 nitrogen and oxygen atoms in total. The van der Waals surface area contributed by atoms with E-state index < -0.39 is 0 Å². The van der Waals surface area contributed by atoms with Crippen LogP contribution >= 0.6 is 0 Å². The van der Waals surface area contributed by atoms with Crippen LogP contribution in [0.4, 0.5) is 5.82 Å². The summed E-state index contributed by atoms with van der Waals surface area (Å²) in [5, 5.41) is 19.8. The Labute approximate surface area is 98.2 Å². The summed E-state index contributed by atoms with van der Waals surface area (Å²) in [7, 11) is 1.86. The van der Waals surface area contributed by atoms with Crippen molar-refractivity contribution in [2.75, 3.05) is 5.32 Å². The van der Waals surface area contributed by atoms with E-state index in [-0.39, 0.29) is 11.7 Å². The number of anilines is 1. The van der Waals surface area contributed by atoms with Gasteiger partial charge in [-0.25, -0.2) is 9.97 Å². The summed E-state index contributed by atoms with van der Waals surface area (Å²) in [5.41, 5.74) is 0.265. The number of nitriles is 1. The molecule has 1 unspecified atom stereocenters. The molecule has 0 bridgehead atoms. The van der Waals surface area contributed by atoms with Gasteiger partial charge in [0.15, 0.2) is 17.3 Å². The van der Waals surface area contributed by atoms with Crippen molar-refractivity contribution in [3.05, 3.63) is 30.2 Å². The molecule has 2 aromatic rings. The maximum absolute atomic E-state index is 8.89. The number of nitrogens with one attached hydrogen (secondary N) is 1. The van der Waals surface area contributed by atoms with Gasteiger partial charge in [-0.05, 0) is 6.92 Å². The third-order valence-corrected chi connectivity index (χ3v) is 2.29. The van der Waals surface area contributed by atoms with Gasteiger partial charge < -0.3 is 9.88 Å². The highest BCUT2D eigenvalue weighted by Gasteiger charge is 2.13. The molecular formula is C10H11N7. The molecule has 86 valence electrons. The van der Waals surface area contributed by atoms with Crippen molar-refractivity contribution in [3.63, 3.8) is 0 Å². The van der Waals surface area contributed by atoms with Crippen LogP contribution in [0.3, 0.4) is 0 Å². The monoisotopic (exact) mass is 229 g/mol. The smallest absolute Gasteiger partial charge is 0.182 e. The molecule has 2 aromatic heterocycles. The van der Waals surface area contributed by atoms with Crippen molar-refractivity contribution in [3.8, 4) is 6.07 Å². The molecular weight excluding hydrogens is 218 g/mol. The molecule has 0 amide bonds. The quantitative estimate of drug-likeness (QED) is 0.830. The summed E-state index contributed by atoms with van der Waals surface area (Å²) in [6, 6.07) is 1.88. The van der Waals surface area contributed by atoms with E-state index in [1.807, 2.05) is 20.0 Å². The summed E-state index contributed by atoms with van der Waals surface area (Å²) in [6.07, 6.45) is 4.64. The topological polar surface area (TPSA) is 92.3 Å². The lowest BCUT2D eigenvalue weighted by atomic mass is 10.3. The van der Waals surface area contributed by atoms with Crippen LogP contribution in [0.2, 0.25) is 0 Å². The lowest BCUT2D eigenvalue weighted by Crippen LogP contribution is -2.14. The van der Waals surface area contributed by atoms with Crippen LogP contribution in [0.25, 0.3) is 0 Å². The third-order valence-electron chi connectivity index (χ3n) is 2.29. The first-order chi connectivity index (χ1) is 8.22. The standard InChI is InChI=1S/C10H11N7/c1-7(10-16-14-6-17(10)2)15-9-8(5-11)12-3-4-13-9/h3-4,6-7H,1-2H3,(H,13,15). The molecule has 0 spiro atoms. The van der Waals surface area contributed by atoms with Crippen LogP contribution in [0.5, 0.6) is 0 Å². The Hall–Kier alpha value is -2.49. The second-order valence-corrected chi connectivity index (χ2v) is 3.53. The zero-order valence-electron chi connectivity index (χ0n) is 9.49. The Morgan fingerprint density at radius 2 is 2.18 bits per heavy atom. The number of aromatic nitrogens is 5. The van der Waals surface area contributed by atoms with E-state index in [9.17, 15) is 0 Å². The Bertz CT molecular complexity index is 554. The molecule has 2 rings (SSSR count). The molecule has 0 aliphatic carbocycles. The second-order valence-electron chi connectivity index (χ2n) is 3.53. The van der Waals surface area contributed by atoms with Crippen molar-refractivity contribution in [2.45, 2.75) is 13.0 Å². The van der Waals surface area contributed by atoms with E-state index in [4.69, 9.17) is 5.26 Å². The molecule has 7 heteroatoms. The molecule has 1 N–H and O–H groups in total. The molecule has 0 aliphatic heterocycles. The van der Waals surface area contributed by atoms with E-state index in [1.54, 1.807) is 10.9 Å². The molecule has 0 aliphatic rings. The van der Waals surface area contributed by atoms with Gasteiger partial charge in [-0.2, -0.15) is 5.26 Å². The van der Waals surface area contributed by atoms with Gasteiger partial charge in [-0.15, -0.1) is 10.2 Å². The highest BCUT2D eigenvalue weighted by molar-refractivity contribution is 5.47. The fourth-order valence-corrected chi connectivity index (χ4v) is 1.48. The van der Waals surface area contributed by atoms with Gasteiger partial charge in [0.2, 0.25) is 0 Å². The van der Waals surface area contributed by atoms with Crippen molar-refractivity contribution >= 4 is 5.82 Å². The maximum atomic E-state index is 8.89. The van der Waals surface area contributed by atoms with Gasteiger partial charge in [0.1, 0.15) is 12.4 Å². The Kier molecular flexibility index (Phi) is 2.96. The Morgan fingerprint density at radius 3 is 2.82 bits per heavy atom. The molecule has 0 fully saturated rings. The van der Waals surface area contributed by atoms with Crippen LogP contribution in [0, 0.1) is 11.3 Å². The van der Waals surface area contributed by atoms with Crippen LogP contribution < -0.4 is 5.32 Å². The number of hydrogen-bond donors (Lipinski definition) is 1. The molecule has 0 aromatic carbocycles. The SMILES string of the molecule is CC(Nc1nccnc1C#N)c1nncn1C. The fraction of sp³-hybridized carbons (Fsp3) is 0.300. The first-order valence-electron chi connectivity index (χ1n) is 5.04. The predicted molar refractivity (Wildman–Crippen MR) is 59.8 cm³/mol. The maximum Gasteiger partial charge on any atom is 0.182 e. The zero-order chi connectivity index (χ0) is 12.3. The minimum absolute atomic E-state index is 0.105. The number of aryl methyl sites for hydroxylation is 1. The van der Waals surface area contributed by atoms with Crippen LogP contribution in [-0.4, -0.2) is 24.7 Å². The molecule has 2 heterocycles. The van der Waals surface area contributed by atoms with Crippen molar-refractivity contribution in [2.24, 2.45) is 7.05 Å². The van der Waals surface area contributed by atoms with Crippen molar-refractivity contribution in [1.82, 2.24) is 24.7 Å². The summed E-state index contributed by atoms with van der Waals surface area (Å²) >= 11 is 0. The van der Waals surface area contributed by atoms with Crippen molar-refractivity contribution in [1.29, 1.82) is 5.26 Å². The molecule has 0 saturated carbocycles. The molecule has 1 atom stereocenters. The highest BCUT2D eigenvalue weighted by Crippen LogP contribution is 2.16. The summed E-state index contributed by atoms with van der Waals surface area (Å²) in [6.45, 7) is 1.92. The van der Waals surface area contributed by atoms with Gasteiger partial charge >= 0.3 is 0 Å². The van der Waals surface area contributed by atoms with E-state index in [0.29, 0.717) is 5.82 Å². The number of hydrogen-bond acceptors (Lipinski definition) is 6. The summed E-state index contributed by atoms with van der Waals surface area (Å²) in [5.74, 6) is 1.21. The lowest BCUT2D eigenvalue weighted by molar-refractivity contribution is 0.715. The molecule has 0 radical (unpaired) electrons. The highest BCUT2D eigenvalue weighted by atomic mass is 15.3. The van der Waals surface area contributed by atoms with Gasteiger partial charge in [0.05, 0.1) is 6.04 Å². The summed E-state index contributed by atoms with van der Waals surface area (Å²) < 4.78 is 1.81. The van der Waals surface area contributed by atoms with Gasteiger partial charge in [0, 0.05) is 19.4 Å². The van der Waals surface area contributed by atoms with E-state index in [1.165, 1.54) is 12.4 Å². The number of rotatable bonds is 3. The Morgan fingerprint density at radius 1 is 1.41 bits per heavy atom. The minimum atomic E-state index is -0.105. The predicted octanol–water partition coefficient (Wildman–Crippen LogP) is 0.650. The van der Waals surface area contributed by atoms with Gasteiger partial charge in [-0.3, -0.25) is 0 Å². The zero-order valence-corrected chi connectivity index (χ0v) is 9.49. The molecule has 17 heavy (non-hydrogen) atoms. The van der Waals surface area contributed by atoms with Crippen LogP contribution in [0.15, 0.2) is 18.7 Å². The second kappa shape index (κ2) is 4.57. The largest absolute Gasteiger partial charge is 0.358 e. The average molecular weight is 229 g/mol. The van der Waals surface area contributed by atoms with Gasteiger partial charge in [0.25, 0.3) is 0 Å². The van der Waals surface area contributed by atoms with Crippen LogP contribution in [0.1, 0.15) is 24.5 Å². The first kappa shape index (κ1) is 11.0. The van der Waals surface area contributed by atoms with Crippen molar-refractivity contribution < 1.29 is 0 Å². The average Bonchev–Trinajstić information content (AvgIpc) is 2.76. The van der Waals surface area contributed by atoms with E-state index in [2.05, 4.69) is 25.5 Å². The Balaban J connectivity index is 2.22. The number of nitrogens with zero attached hydrogens (tertiary/aromatic N) is 6. The normalized spacial score (nSPS) is 11.8. The van der Waals surface area contributed by atoms with E-state index in [0.717, 1.165) is 5.82 Å². The van der Waals surface area contributed by atoms with Crippen LogP contribution in [-0.2, 0) is 7.05 Å². The minimum Gasteiger partial charge on any atom is -0.358 e. The first-order valence-corrected chi connectivity index (χ1v) is 5.04. The fourth-order valence-electron chi connectivity index (χ4n) is 1.48.